The minimum absolute atomic E-state index is 0.0653. The molecule has 6 rings (SSSR count). The third kappa shape index (κ3) is 5.00. The lowest BCUT2D eigenvalue weighted by Gasteiger charge is -2.62. The number of rotatable bonds is 7. The molecule has 5 aliphatic carbocycles. The van der Waals surface area contributed by atoms with Gasteiger partial charge in [0.25, 0.3) is 0 Å². The van der Waals surface area contributed by atoms with E-state index in [1.165, 1.54) is 24.1 Å². The summed E-state index contributed by atoms with van der Waals surface area (Å²) < 4.78 is 19.8. The molecule has 4 saturated carbocycles. The molecule has 2 N–H and O–H groups in total. The van der Waals surface area contributed by atoms with E-state index in [2.05, 4.69) is 36.8 Å². The number of pyridine rings is 1. The Hall–Kier alpha value is -2.72. The van der Waals surface area contributed by atoms with Crippen molar-refractivity contribution in [3.05, 3.63) is 35.9 Å². The highest BCUT2D eigenvalue weighted by Crippen LogP contribution is 2.70. The van der Waals surface area contributed by atoms with E-state index in [0.717, 1.165) is 43.2 Å². The highest BCUT2D eigenvalue weighted by molar-refractivity contribution is 8.14. The zero-order valence-corrected chi connectivity index (χ0v) is 26.8. The molecule has 0 aliphatic heterocycles. The summed E-state index contributed by atoms with van der Waals surface area (Å²) in [4.78, 5) is 39.8. The van der Waals surface area contributed by atoms with Crippen LogP contribution in [0.15, 0.2) is 40.0 Å². The first-order valence-corrected chi connectivity index (χ1v) is 16.9. The van der Waals surface area contributed by atoms with Crippen molar-refractivity contribution in [3.8, 4) is 0 Å². The number of esters is 1. The Bertz CT molecular complexity index is 1430. The maximum Gasteiger partial charge on any atom is 0.309 e. The topological polar surface area (TPSA) is 125 Å². The van der Waals surface area contributed by atoms with Gasteiger partial charge in [0.15, 0.2) is 5.60 Å². The van der Waals surface area contributed by atoms with E-state index in [1.54, 1.807) is 19.3 Å². The predicted octanol–water partition coefficient (Wildman–Crippen LogP) is 6.00. The number of ether oxygens (including phenoxy) is 1. The van der Waals surface area contributed by atoms with Crippen LogP contribution < -0.4 is 0 Å². The van der Waals surface area contributed by atoms with Crippen molar-refractivity contribution in [3.63, 3.8) is 0 Å². The average Bonchev–Trinajstić information content (AvgIpc) is 3.79. The minimum atomic E-state index is -1.27. The number of thioether (sulfide) groups is 1. The summed E-state index contributed by atoms with van der Waals surface area (Å²) >= 11 is 1.16. The second kappa shape index (κ2) is 11.6. The summed E-state index contributed by atoms with van der Waals surface area (Å²) in [6.07, 6.45) is 10.6. The van der Waals surface area contributed by atoms with Gasteiger partial charge in [0.1, 0.15) is 0 Å². The molecule has 5 aliphatic rings. The lowest BCUT2D eigenvalue weighted by molar-refractivity contribution is -0.199. The summed E-state index contributed by atoms with van der Waals surface area (Å²) in [6.45, 7) is 6.53. The Balaban J connectivity index is 1.36. The molecule has 1 aromatic heterocycles. The van der Waals surface area contributed by atoms with Crippen molar-refractivity contribution in [2.75, 3.05) is 12.8 Å². The SMILES string of the molecule is CN=CCSC(=O)C1(OC(=O)C2CC2)CCC2C3CC(C)C4=CC(=Nc5ccc(F)nc5)C(C=N)CC4(C)C3C(O)CC21C. The molecule has 0 aromatic carbocycles. The largest absolute Gasteiger partial charge is 0.449 e. The van der Waals surface area contributed by atoms with Crippen molar-refractivity contribution in [1.29, 1.82) is 5.41 Å². The number of aliphatic imine (C=N–C) groups is 2. The van der Waals surface area contributed by atoms with Crippen molar-refractivity contribution in [1.82, 2.24) is 4.98 Å². The van der Waals surface area contributed by atoms with Crippen LogP contribution in [-0.2, 0) is 14.3 Å². The zero-order valence-electron chi connectivity index (χ0n) is 26.0. The predicted molar refractivity (Wildman–Crippen MR) is 170 cm³/mol. The first-order chi connectivity index (χ1) is 21.0. The van der Waals surface area contributed by atoms with Crippen LogP contribution in [0.1, 0.15) is 65.7 Å². The van der Waals surface area contributed by atoms with Gasteiger partial charge in [0.05, 0.1) is 23.9 Å². The standard InChI is InChI=1S/C34H43FN4O4S/c1-19-13-23-24-9-10-34(31(42)44-12-11-37-4,43-30(41)20-5-6-20)33(24,3)16-27(40)29(23)32(2)15-21(17-36)26(14-25(19)32)39-22-7-8-28(35)38-18-22/h7-8,11,14,17-21,23-24,27,29,36,40H,5-6,9-10,12-13,15-16H2,1-4H3. The van der Waals surface area contributed by atoms with Gasteiger partial charge >= 0.3 is 5.97 Å². The van der Waals surface area contributed by atoms with E-state index >= 15 is 0 Å². The summed E-state index contributed by atoms with van der Waals surface area (Å²) in [7, 11) is 1.68. The fraction of sp³-hybridized carbons (Fsp3) is 0.647. The van der Waals surface area contributed by atoms with Crippen LogP contribution in [0.25, 0.3) is 0 Å². The maximum absolute atomic E-state index is 14.1. The smallest absolute Gasteiger partial charge is 0.309 e. The normalized spacial score (nSPS) is 40.6. The van der Waals surface area contributed by atoms with Gasteiger partial charge in [0, 0.05) is 42.3 Å². The second-order valence-electron chi connectivity index (χ2n) is 14.1. The van der Waals surface area contributed by atoms with Crippen LogP contribution in [0.4, 0.5) is 10.1 Å². The van der Waals surface area contributed by atoms with Gasteiger partial charge in [-0.05, 0) is 92.2 Å². The van der Waals surface area contributed by atoms with Crippen molar-refractivity contribution < 1.29 is 23.8 Å². The van der Waals surface area contributed by atoms with Gasteiger partial charge in [0.2, 0.25) is 11.1 Å². The van der Waals surface area contributed by atoms with Crippen LogP contribution >= 0.6 is 11.8 Å². The number of aromatic nitrogens is 1. The summed E-state index contributed by atoms with van der Waals surface area (Å²) in [5, 5.41) is 20.3. The maximum atomic E-state index is 14.1. The number of carbonyl (C=O) groups is 2. The number of carbonyl (C=O) groups excluding carboxylic acids is 2. The Morgan fingerprint density at radius 3 is 2.68 bits per heavy atom. The van der Waals surface area contributed by atoms with Crippen LogP contribution in [-0.4, -0.2) is 63.8 Å². The average molecular weight is 623 g/mol. The zero-order chi connectivity index (χ0) is 31.4. The molecule has 1 heterocycles. The van der Waals surface area contributed by atoms with Gasteiger partial charge in [-0.3, -0.25) is 19.6 Å². The second-order valence-corrected chi connectivity index (χ2v) is 15.1. The lowest BCUT2D eigenvalue weighted by atomic mass is 9.43. The molecular weight excluding hydrogens is 579 g/mol. The molecule has 0 radical (unpaired) electrons. The minimum Gasteiger partial charge on any atom is -0.449 e. The Labute approximate surface area is 263 Å². The molecule has 44 heavy (non-hydrogen) atoms. The quantitative estimate of drug-likeness (QED) is 0.218. The molecule has 0 saturated heterocycles. The fourth-order valence-corrected chi connectivity index (χ4v) is 10.5. The first-order valence-electron chi connectivity index (χ1n) is 15.9. The van der Waals surface area contributed by atoms with Gasteiger partial charge < -0.3 is 15.3 Å². The number of aliphatic hydroxyl groups is 1. The van der Waals surface area contributed by atoms with E-state index in [4.69, 9.17) is 15.1 Å². The summed E-state index contributed by atoms with van der Waals surface area (Å²) in [5.74, 6) is -0.464. The molecule has 0 spiro atoms. The summed E-state index contributed by atoms with van der Waals surface area (Å²) in [5.41, 5.74) is 0.176. The van der Waals surface area contributed by atoms with Crippen LogP contribution in [0.3, 0.4) is 0 Å². The number of nitrogens with one attached hydrogen (secondary N) is 1. The molecule has 4 fully saturated rings. The molecule has 0 amide bonds. The number of nitrogens with zero attached hydrogens (tertiary/aromatic N) is 3. The number of halogens is 1. The fourth-order valence-electron chi connectivity index (χ4n) is 9.51. The molecule has 10 heteroatoms. The van der Waals surface area contributed by atoms with Gasteiger partial charge in [-0.1, -0.05) is 38.1 Å². The molecule has 9 unspecified atom stereocenters. The van der Waals surface area contributed by atoms with Gasteiger partial charge in [-0.25, -0.2) is 4.98 Å². The van der Waals surface area contributed by atoms with Crippen molar-refractivity contribution in [2.24, 2.45) is 56.3 Å². The number of aliphatic hydroxyl groups excluding tert-OH is 1. The van der Waals surface area contributed by atoms with E-state index in [1.807, 2.05) is 0 Å². The van der Waals surface area contributed by atoms with E-state index in [0.29, 0.717) is 30.7 Å². The third-order valence-corrected chi connectivity index (χ3v) is 12.5. The van der Waals surface area contributed by atoms with Gasteiger partial charge in [-0.2, -0.15) is 4.39 Å². The Morgan fingerprint density at radius 1 is 1.25 bits per heavy atom. The number of fused-ring (bicyclic) bond motifs is 5. The van der Waals surface area contributed by atoms with E-state index in [9.17, 15) is 19.1 Å². The first kappa shape index (κ1) is 31.3. The van der Waals surface area contributed by atoms with Crippen molar-refractivity contribution in [2.45, 2.75) is 77.4 Å². The third-order valence-electron chi connectivity index (χ3n) is 11.6. The lowest BCUT2D eigenvalue weighted by Crippen LogP contribution is -2.63. The van der Waals surface area contributed by atoms with Crippen LogP contribution in [0, 0.1) is 57.7 Å². The Kier molecular flexibility index (Phi) is 8.23. The summed E-state index contributed by atoms with van der Waals surface area (Å²) in [6, 6.07) is 2.87. The van der Waals surface area contributed by atoms with Crippen LogP contribution in [0.5, 0.6) is 0 Å². The number of allylic oxidation sites excluding steroid dienone is 2. The highest BCUT2D eigenvalue weighted by Gasteiger charge is 2.71. The van der Waals surface area contributed by atoms with Crippen LogP contribution in [0.2, 0.25) is 0 Å². The van der Waals surface area contributed by atoms with Crippen molar-refractivity contribution >= 4 is 46.7 Å². The van der Waals surface area contributed by atoms with E-state index < -0.39 is 23.1 Å². The molecule has 236 valence electrons. The highest BCUT2D eigenvalue weighted by atomic mass is 32.2. The molecular formula is C34H43FN4O4S. The monoisotopic (exact) mass is 622 g/mol. The molecule has 9 atom stereocenters. The number of hydrogen-bond acceptors (Lipinski definition) is 9. The molecule has 0 bridgehead atoms. The van der Waals surface area contributed by atoms with Gasteiger partial charge in [-0.15, -0.1) is 0 Å². The number of hydrogen-bond donors (Lipinski definition) is 2. The van der Waals surface area contributed by atoms with E-state index in [-0.39, 0.29) is 52.0 Å². The Morgan fingerprint density at radius 2 is 2.02 bits per heavy atom. The molecule has 1 aromatic rings. The molecule has 8 nitrogen and oxygen atoms in total.